The summed E-state index contributed by atoms with van der Waals surface area (Å²) in [6.07, 6.45) is 2.32. The molecule has 1 aliphatic rings. The van der Waals surface area contributed by atoms with E-state index in [0.29, 0.717) is 33.8 Å². The molecule has 0 saturated carbocycles. The summed E-state index contributed by atoms with van der Waals surface area (Å²) in [5.41, 5.74) is 6.39. The Morgan fingerprint density at radius 2 is 2.00 bits per heavy atom. The van der Waals surface area contributed by atoms with E-state index in [1.165, 1.54) is 15.5 Å². The highest BCUT2D eigenvalue weighted by molar-refractivity contribution is 5.94. The van der Waals surface area contributed by atoms with Crippen molar-refractivity contribution in [1.82, 2.24) is 34.7 Å². The molecule has 0 aliphatic carbocycles. The monoisotopic (exact) mass is 474 g/mol. The van der Waals surface area contributed by atoms with E-state index >= 15 is 0 Å². The van der Waals surface area contributed by atoms with Gasteiger partial charge in [0.25, 0.3) is 5.91 Å². The molecule has 1 aliphatic heterocycles. The molecule has 5 heterocycles. The maximum Gasteiger partial charge on any atom is 0.252 e. The second-order valence-corrected chi connectivity index (χ2v) is 8.53. The van der Waals surface area contributed by atoms with E-state index in [1.54, 1.807) is 25.3 Å². The van der Waals surface area contributed by atoms with Crippen LogP contribution in [-0.4, -0.2) is 65.7 Å². The van der Waals surface area contributed by atoms with Crippen LogP contribution in [0.15, 0.2) is 59.3 Å². The number of aliphatic hydroxyl groups is 1. The van der Waals surface area contributed by atoms with Crippen molar-refractivity contribution in [2.45, 2.75) is 24.6 Å². The third-order valence-corrected chi connectivity index (χ3v) is 6.34. The van der Waals surface area contributed by atoms with E-state index in [0.717, 1.165) is 0 Å². The van der Waals surface area contributed by atoms with Gasteiger partial charge in [-0.1, -0.05) is 30.3 Å². The largest absolute Gasteiger partial charge is 0.461 e. The summed E-state index contributed by atoms with van der Waals surface area (Å²) in [4.78, 5) is 22.9. The molecule has 178 valence electrons. The number of rotatable bonds is 5. The van der Waals surface area contributed by atoms with Crippen molar-refractivity contribution in [3.05, 3.63) is 60.5 Å². The number of aromatic nitrogens is 6. The Labute approximate surface area is 198 Å². The van der Waals surface area contributed by atoms with Crippen LogP contribution in [0.1, 0.15) is 12.5 Å². The summed E-state index contributed by atoms with van der Waals surface area (Å²) < 4.78 is 13.7. The lowest BCUT2D eigenvalue weighted by Gasteiger charge is -2.31. The zero-order chi connectivity index (χ0) is 24.2. The fraction of sp³-hybridized carbons (Fsp3) is 0.261. The van der Waals surface area contributed by atoms with Crippen LogP contribution >= 0.6 is 0 Å². The zero-order valence-corrected chi connectivity index (χ0v) is 18.7. The summed E-state index contributed by atoms with van der Waals surface area (Å²) >= 11 is 0. The number of nitrogens with zero attached hydrogens (tertiary/aromatic N) is 6. The Bertz CT molecular complexity index is 1530. The van der Waals surface area contributed by atoms with Crippen molar-refractivity contribution >= 4 is 28.5 Å². The van der Waals surface area contributed by atoms with Gasteiger partial charge in [-0.3, -0.25) is 4.79 Å². The predicted octanol–water partition coefficient (Wildman–Crippen LogP) is 0.956. The SMILES string of the molecule is C[C@](C(=O)N[C@H]1COC[C@H]1O)(c1ccccc1)n1ncc2c1nc(N)n1nc(-c3ccco3)nc21. The molecule has 1 saturated heterocycles. The molecule has 0 radical (unpaired) electrons. The molecule has 35 heavy (non-hydrogen) atoms. The van der Waals surface area contributed by atoms with E-state index in [4.69, 9.17) is 14.9 Å². The maximum atomic E-state index is 13.8. The van der Waals surface area contributed by atoms with Gasteiger partial charge >= 0.3 is 0 Å². The van der Waals surface area contributed by atoms with E-state index < -0.39 is 17.7 Å². The highest BCUT2D eigenvalue weighted by atomic mass is 16.5. The first-order valence-electron chi connectivity index (χ1n) is 11.0. The van der Waals surface area contributed by atoms with Crippen molar-refractivity contribution in [1.29, 1.82) is 0 Å². The van der Waals surface area contributed by atoms with Crippen LogP contribution in [0.25, 0.3) is 28.3 Å². The van der Waals surface area contributed by atoms with Crippen LogP contribution in [0.3, 0.4) is 0 Å². The minimum atomic E-state index is -1.33. The normalized spacial score (nSPS) is 19.8. The standard InChI is InChI=1S/C23H22N8O4/c1-23(13-6-3-2-4-7-13,21(33)26-15-11-34-12-16(15)32)31-20-14(10-25-31)19-27-18(17-8-5-9-35-17)29-30(19)22(24)28-20/h2-10,15-16,32H,11-12H2,1H3,(H2,24,28)(H,26,33)/t15-,16+,23+/m0/s1. The number of aliphatic hydroxyl groups excluding tert-OH is 1. The number of carbonyl (C=O) groups excluding carboxylic acids is 1. The summed E-state index contributed by atoms with van der Waals surface area (Å²) in [7, 11) is 0. The smallest absolute Gasteiger partial charge is 0.252 e. The van der Waals surface area contributed by atoms with Crippen LogP contribution in [0.4, 0.5) is 5.95 Å². The topological polar surface area (TPSA) is 159 Å². The van der Waals surface area contributed by atoms with Crippen LogP contribution in [0, 0.1) is 0 Å². The first-order chi connectivity index (χ1) is 17.0. The van der Waals surface area contributed by atoms with Crippen LogP contribution < -0.4 is 11.1 Å². The van der Waals surface area contributed by atoms with Gasteiger partial charge in [0.2, 0.25) is 11.8 Å². The van der Waals surface area contributed by atoms with Gasteiger partial charge in [0, 0.05) is 0 Å². The van der Waals surface area contributed by atoms with E-state index in [2.05, 4.69) is 25.5 Å². The van der Waals surface area contributed by atoms with Crippen molar-refractivity contribution in [2.75, 3.05) is 18.9 Å². The number of fused-ring (bicyclic) bond motifs is 3. The lowest BCUT2D eigenvalue weighted by Crippen LogP contribution is -2.53. The minimum Gasteiger partial charge on any atom is -0.461 e. The third kappa shape index (κ3) is 3.26. The minimum absolute atomic E-state index is 0.0787. The molecule has 4 aromatic heterocycles. The quantitative estimate of drug-likeness (QED) is 0.337. The predicted molar refractivity (Wildman–Crippen MR) is 124 cm³/mol. The van der Waals surface area contributed by atoms with Gasteiger partial charge in [-0.25, -0.2) is 9.67 Å². The molecular formula is C23H22N8O4. The number of benzene rings is 1. The molecule has 0 bridgehead atoms. The number of hydrogen-bond acceptors (Lipinski definition) is 9. The number of nitrogens with one attached hydrogen (secondary N) is 1. The Morgan fingerprint density at radius 1 is 1.17 bits per heavy atom. The molecule has 4 N–H and O–H groups in total. The summed E-state index contributed by atoms with van der Waals surface area (Å²) in [5, 5.41) is 22.6. The summed E-state index contributed by atoms with van der Waals surface area (Å²) in [5.74, 6) is 0.540. The lowest BCUT2D eigenvalue weighted by atomic mass is 9.90. The number of hydrogen-bond donors (Lipinski definition) is 3. The van der Waals surface area contributed by atoms with Gasteiger partial charge in [0.1, 0.15) is 0 Å². The number of nitrogen functional groups attached to an aromatic ring is 1. The van der Waals surface area contributed by atoms with Crippen molar-refractivity contribution in [3.8, 4) is 11.6 Å². The average Bonchev–Trinajstić information content (AvgIpc) is 3.66. The van der Waals surface area contributed by atoms with Crippen molar-refractivity contribution < 1.29 is 19.1 Å². The highest BCUT2D eigenvalue weighted by Crippen LogP contribution is 2.32. The van der Waals surface area contributed by atoms with Crippen LogP contribution in [-0.2, 0) is 15.1 Å². The first kappa shape index (κ1) is 21.3. The molecule has 1 amide bonds. The Hall–Kier alpha value is -4.29. The second kappa shape index (κ2) is 7.89. The number of ether oxygens (including phenoxy) is 1. The fourth-order valence-electron chi connectivity index (χ4n) is 4.35. The van der Waals surface area contributed by atoms with Crippen molar-refractivity contribution in [2.24, 2.45) is 0 Å². The number of carbonyl (C=O) groups is 1. The number of anilines is 1. The van der Waals surface area contributed by atoms with Gasteiger partial charge in [0.05, 0.1) is 43.2 Å². The van der Waals surface area contributed by atoms with Gasteiger partial charge in [-0.2, -0.15) is 14.6 Å². The summed E-state index contributed by atoms with van der Waals surface area (Å²) in [6.45, 7) is 2.13. The molecular weight excluding hydrogens is 452 g/mol. The molecule has 3 atom stereocenters. The number of amides is 1. The number of nitrogens with two attached hydrogens (primary N) is 1. The van der Waals surface area contributed by atoms with Gasteiger partial charge in [-0.05, 0) is 24.6 Å². The summed E-state index contributed by atoms with van der Waals surface area (Å²) in [6, 6.07) is 12.2. The number of furan rings is 1. The Balaban J connectivity index is 1.53. The lowest BCUT2D eigenvalue weighted by molar-refractivity contribution is -0.128. The molecule has 5 aromatic rings. The molecule has 1 aromatic carbocycles. The Morgan fingerprint density at radius 3 is 2.71 bits per heavy atom. The average molecular weight is 474 g/mol. The fourth-order valence-corrected chi connectivity index (χ4v) is 4.35. The van der Waals surface area contributed by atoms with Crippen molar-refractivity contribution in [3.63, 3.8) is 0 Å². The second-order valence-electron chi connectivity index (χ2n) is 8.53. The van der Waals surface area contributed by atoms with Crippen LogP contribution in [0.5, 0.6) is 0 Å². The molecule has 12 nitrogen and oxygen atoms in total. The van der Waals surface area contributed by atoms with E-state index in [1.807, 2.05) is 30.3 Å². The maximum absolute atomic E-state index is 13.8. The third-order valence-electron chi connectivity index (χ3n) is 6.34. The van der Waals surface area contributed by atoms with Gasteiger partial charge < -0.3 is 25.3 Å². The highest BCUT2D eigenvalue weighted by Gasteiger charge is 2.42. The van der Waals surface area contributed by atoms with Crippen LogP contribution in [0.2, 0.25) is 0 Å². The first-order valence-corrected chi connectivity index (χ1v) is 11.0. The molecule has 6 rings (SSSR count). The van der Waals surface area contributed by atoms with E-state index in [9.17, 15) is 9.90 Å². The molecule has 12 heteroatoms. The van der Waals surface area contributed by atoms with Gasteiger partial charge in [-0.15, -0.1) is 5.10 Å². The molecule has 0 unspecified atom stereocenters. The zero-order valence-electron chi connectivity index (χ0n) is 18.7. The van der Waals surface area contributed by atoms with Gasteiger partial charge in [0.15, 0.2) is 22.6 Å². The molecule has 0 spiro atoms. The Kier molecular flexibility index (Phi) is 4.79. The van der Waals surface area contributed by atoms with E-state index in [-0.39, 0.29) is 25.1 Å². The molecule has 1 fully saturated rings.